The van der Waals surface area contributed by atoms with Crippen LogP contribution < -0.4 is 0 Å². The summed E-state index contributed by atoms with van der Waals surface area (Å²) in [5.74, 6) is 0.178. The monoisotopic (exact) mass is 369 g/mol. The second-order valence-electron chi connectivity index (χ2n) is 6.19. The van der Waals surface area contributed by atoms with Gasteiger partial charge in [-0.15, -0.1) is 12.4 Å². The van der Waals surface area contributed by atoms with Crippen LogP contribution >= 0.6 is 12.4 Å². The van der Waals surface area contributed by atoms with E-state index in [0.717, 1.165) is 32.4 Å². The molecule has 1 saturated heterocycles. The SMILES string of the molecule is Cl.O=C(O)CC1CCCN(Cc2nc(-c3ccc(F)cc3)no2)CC1. The average molecular weight is 370 g/mol. The van der Waals surface area contributed by atoms with Crippen molar-refractivity contribution in [2.75, 3.05) is 13.1 Å². The molecule has 1 aliphatic rings. The lowest BCUT2D eigenvalue weighted by Gasteiger charge is -2.17. The van der Waals surface area contributed by atoms with Crippen LogP contribution in [0.25, 0.3) is 11.4 Å². The van der Waals surface area contributed by atoms with Crippen LogP contribution in [0.15, 0.2) is 28.8 Å². The Morgan fingerprint density at radius 1 is 1.28 bits per heavy atom. The Hall–Kier alpha value is -1.99. The molecule has 0 radical (unpaired) electrons. The van der Waals surface area contributed by atoms with E-state index in [4.69, 9.17) is 9.63 Å². The molecule has 136 valence electrons. The number of hydrogen-bond acceptors (Lipinski definition) is 5. The predicted octanol–water partition coefficient (Wildman–Crippen LogP) is 3.37. The van der Waals surface area contributed by atoms with Crippen molar-refractivity contribution in [2.24, 2.45) is 5.92 Å². The lowest BCUT2D eigenvalue weighted by Crippen LogP contribution is -2.24. The van der Waals surface area contributed by atoms with Crippen molar-refractivity contribution in [1.29, 1.82) is 0 Å². The highest BCUT2D eigenvalue weighted by molar-refractivity contribution is 5.85. The van der Waals surface area contributed by atoms with Crippen LogP contribution in [-0.2, 0) is 11.3 Å². The van der Waals surface area contributed by atoms with Gasteiger partial charge in [-0.2, -0.15) is 4.98 Å². The molecular weight excluding hydrogens is 349 g/mol. The number of nitrogens with zero attached hydrogens (tertiary/aromatic N) is 3. The molecule has 3 rings (SSSR count). The molecule has 0 aliphatic carbocycles. The number of halogens is 2. The third-order valence-electron chi connectivity index (χ3n) is 4.33. The molecule has 1 aliphatic heterocycles. The van der Waals surface area contributed by atoms with Gasteiger partial charge < -0.3 is 9.63 Å². The number of carboxylic acid groups (broad SMARTS) is 1. The smallest absolute Gasteiger partial charge is 0.303 e. The Kier molecular flexibility index (Phi) is 6.90. The molecule has 0 spiro atoms. The van der Waals surface area contributed by atoms with Crippen molar-refractivity contribution in [1.82, 2.24) is 15.0 Å². The highest BCUT2D eigenvalue weighted by atomic mass is 35.5. The van der Waals surface area contributed by atoms with Gasteiger partial charge in [-0.3, -0.25) is 9.69 Å². The van der Waals surface area contributed by atoms with Crippen LogP contribution in [0.1, 0.15) is 31.6 Å². The molecule has 6 nitrogen and oxygen atoms in total. The van der Waals surface area contributed by atoms with E-state index in [1.54, 1.807) is 12.1 Å². The first-order valence-corrected chi connectivity index (χ1v) is 8.13. The Bertz CT molecular complexity index is 693. The minimum Gasteiger partial charge on any atom is -0.481 e. The number of likely N-dealkylation sites (tertiary alicyclic amines) is 1. The molecule has 0 saturated carbocycles. The zero-order chi connectivity index (χ0) is 16.9. The second-order valence-corrected chi connectivity index (χ2v) is 6.19. The van der Waals surface area contributed by atoms with Gasteiger partial charge >= 0.3 is 5.97 Å². The van der Waals surface area contributed by atoms with E-state index in [1.165, 1.54) is 12.1 Å². The third kappa shape index (κ3) is 5.51. The van der Waals surface area contributed by atoms with E-state index in [2.05, 4.69) is 15.0 Å². The Morgan fingerprint density at radius 3 is 2.76 bits per heavy atom. The van der Waals surface area contributed by atoms with Gasteiger partial charge in [0.15, 0.2) is 0 Å². The molecule has 1 atom stereocenters. The molecule has 1 N–H and O–H groups in total. The molecular formula is C17H21ClFN3O3. The van der Waals surface area contributed by atoms with E-state index >= 15 is 0 Å². The molecule has 1 aromatic carbocycles. The summed E-state index contributed by atoms with van der Waals surface area (Å²) in [5.41, 5.74) is 0.712. The van der Waals surface area contributed by atoms with E-state index < -0.39 is 5.97 Å². The zero-order valence-electron chi connectivity index (χ0n) is 13.7. The summed E-state index contributed by atoms with van der Waals surface area (Å²) < 4.78 is 18.3. The minimum atomic E-state index is -0.728. The van der Waals surface area contributed by atoms with Gasteiger partial charge in [0.1, 0.15) is 5.82 Å². The van der Waals surface area contributed by atoms with Crippen LogP contribution in [0, 0.1) is 11.7 Å². The van der Waals surface area contributed by atoms with Crippen molar-refractivity contribution in [3.8, 4) is 11.4 Å². The number of aliphatic carboxylic acids is 1. The normalized spacial score (nSPS) is 18.4. The molecule has 0 amide bonds. The van der Waals surface area contributed by atoms with Gasteiger partial charge in [-0.25, -0.2) is 4.39 Å². The Balaban J connectivity index is 0.00000225. The first-order valence-electron chi connectivity index (χ1n) is 8.13. The highest BCUT2D eigenvalue weighted by Crippen LogP contribution is 2.22. The van der Waals surface area contributed by atoms with Crippen molar-refractivity contribution in [2.45, 2.75) is 32.2 Å². The van der Waals surface area contributed by atoms with E-state index in [1.807, 2.05) is 0 Å². The quantitative estimate of drug-likeness (QED) is 0.870. The Labute approximate surface area is 151 Å². The number of carbonyl (C=O) groups is 1. The zero-order valence-corrected chi connectivity index (χ0v) is 14.5. The maximum Gasteiger partial charge on any atom is 0.303 e. The fourth-order valence-electron chi connectivity index (χ4n) is 3.06. The van der Waals surface area contributed by atoms with Gasteiger partial charge in [-0.05, 0) is 62.5 Å². The summed E-state index contributed by atoms with van der Waals surface area (Å²) in [4.78, 5) is 17.4. The maximum absolute atomic E-state index is 13.0. The lowest BCUT2D eigenvalue weighted by molar-refractivity contribution is -0.138. The molecule has 1 aromatic heterocycles. The van der Waals surface area contributed by atoms with E-state index in [0.29, 0.717) is 23.8 Å². The molecule has 1 unspecified atom stereocenters. The van der Waals surface area contributed by atoms with Crippen LogP contribution in [-0.4, -0.2) is 39.2 Å². The highest BCUT2D eigenvalue weighted by Gasteiger charge is 2.21. The summed E-state index contributed by atoms with van der Waals surface area (Å²) in [6.45, 7) is 2.27. The lowest BCUT2D eigenvalue weighted by atomic mass is 9.97. The van der Waals surface area contributed by atoms with Crippen LogP contribution in [0.5, 0.6) is 0 Å². The van der Waals surface area contributed by atoms with E-state index in [9.17, 15) is 9.18 Å². The van der Waals surface area contributed by atoms with Gasteiger partial charge in [0.25, 0.3) is 0 Å². The number of hydrogen-bond donors (Lipinski definition) is 1. The van der Waals surface area contributed by atoms with Gasteiger partial charge in [0.05, 0.1) is 6.54 Å². The summed E-state index contributed by atoms with van der Waals surface area (Å²) in [5, 5.41) is 12.9. The van der Waals surface area contributed by atoms with Crippen LogP contribution in [0.4, 0.5) is 4.39 Å². The van der Waals surface area contributed by atoms with Gasteiger partial charge in [0.2, 0.25) is 11.7 Å². The van der Waals surface area contributed by atoms with Crippen molar-refractivity contribution in [3.05, 3.63) is 36.0 Å². The summed E-state index contributed by atoms with van der Waals surface area (Å²) in [6, 6.07) is 5.96. The molecule has 1 fully saturated rings. The predicted molar refractivity (Wildman–Crippen MR) is 91.8 cm³/mol. The van der Waals surface area contributed by atoms with E-state index in [-0.39, 0.29) is 30.6 Å². The number of benzene rings is 1. The van der Waals surface area contributed by atoms with Crippen molar-refractivity contribution < 1.29 is 18.8 Å². The topological polar surface area (TPSA) is 79.5 Å². The van der Waals surface area contributed by atoms with Crippen molar-refractivity contribution in [3.63, 3.8) is 0 Å². The Morgan fingerprint density at radius 2 is 2.04 bits per heavy atom. The largest absolute Gasteiger partial charge is 0.481 e. The number of carboxylic acids is 1. The van der Waals surface area contributed by atoms with Gasteiger partial charge in [0, 0.05) is 12.0 Å². The summed E-state index contributed by atoms with van der Waals surface area (Å²) >= 11 is 0. The fourth-order valence-corrected chi connectivity index (χ4v) is 3.06. The molecule has 8 heteroatoms. The molecule has 0 bridgehead atoms. The third-order valence-corrected chi connectivity index (χ3v) is 4.33. The van der Waals surface area contributed by atoms with Gasteiger partial charge in [-0.1, -0.05) is 5.16 Å². The molecule has 2 heterocycles. The molecule has 25 heavy (non-hydrogen) atoms. The maximum atomic E-state index is 13.0. The first kappa shape index (κ1) is 19.3. The van der Waals surface area contributed by atoms with Crippen LogP contribution in [0.2, 0.25) is 0 Å². The van der Waals surface area contributed by atoms with Crippen LogP contribution in [0.3, 0.4) is 0 Å². The fraction of sp³-hybridized carbons (Fsp3) is 0.471. The second kappa shape index (κ2) is 8.92. The van der Waals surface area contributed by atoms with Crippen molar-refractivity contribution >= 4 is 18.4 Å². The summed E-state index contributed by atoms with van der Waals surface area (Å²) in [7, 11) is 0. The summed E-state index contributed by atoms with van der Waals surface area (Å²) in [6.07, 6.45) is 3.01. The first-order chi connectivity index (χ1) is 11.6. The standard InChI is InChI=1S/C17H20FN3O3.ClH/c18-14-5-3-13(4-6-14)17-19-15(24-20-17)11-21-8-1-2-12(7-9-21)10-16(22)23;/h3-6,12H,1-2,7-11H2,(H,22,23);1H. The molecule has 2 aromatic rings. The number of aromatic nitrogens is 2. The minimum absolute atomic E-state index is 0. The number of rotatable bonds is 5. The average Bonchev–Trinajstić information content (AvgIpc) is 2.90.